The van der Waals surface area contributed by atoms with Crippen LogP contribution in [0.4, 0.5) is 25.1 Å². The van der Waals surface area contributed by atoms with E-state index in [1.54, 1.807) is 23.1 Å². The van der Waals surface area contributed by atoms with Crippen LogP contribution in [0.2, 0.25) is 0 Å². The maximum absolute atomic E-state index is 14.0. The second kappa shape index (κ2) is 7.86. The van der Waals surface area contributed by atoms with Crippen LogP contribution in [0, 0.1) is 11.6 Å². The fourth-order valence-electron chi connectivity index (χ4n) is 3.27. The molecule has 0 unspecified atom stereocenters. The summed E-state index contributed by atoms with van der Waals surface area (Å²) in [7, 11) is 1.42. The molecule has 0 saturated carbocycles. The van der Waals surface area contributed by atoms with Gasteiger partial charge in [0.1, 0.15) is 11.6 Å². The van der Waals surface area contributed by atoms with E-state index in [2.05, 4.69) is 15.3 Å². The lowest BCUT2D eigenvalue weighted by Gasteiger charge is -2.36. The lowest BCUT2D eigenvalue weighted by atomic mass is 10.2. The molecule has 1 fully saturated rings. The van der Waals surface area contributed by atoms with Crippen molar-refractivity contribution in [2.45, 2.75) is 0 Å². The van der Waals surface area contributed by atoms with Gasteiger partial charge in [0.05, 0.1) is 23.8 Å². The van der Waals surface area contributed by atoms with Gasteiger partial charge in [-0.1, -0.05) is 12.1 Å². The van der Waals surface area contributed by atoms with E-state index in [0.29, 0.717) is 42.9 Å². The fourth-order valence-corrected chi connectivity index (χ4v) is 3.27. The molecule has 0 atom stereocenters. The number of piperazine rings is 1. The number of nitrogens with zero attached hydrogens (tertiary/aromatic N) is 4. The first-order chi connectivity index (χ1) is 14.0. The standard InChI is InChI=1S/C20H19F2N5O2/c1-29-19-18(23-16-12-13(21)6-7-15(16)24-19)25-20(28)27-10-8-26(9-11-27)17-5-3-2-4-14(17)22/h2-7,12H,8-11H2,1H3,(H,23,25,28). The largest absolute Gasteiger partial charge is 0.478 e. The Labute approximate surface area is 165 Å². The molecule has 1 N–H and O–H groups in total. The molecule has 1 aliphatic rings. The molecule has 1 aromatic heterocycles. The number of amides is 2. The minimum absolute atomic E-state index is 0.118. The highest BCUT2D eigenvalue weighted by Crippen LogP contribution is 2.25. The van der Waals surface area contributed by atoms with Crippen LogP contribution in [-0.4, -0.2) is 54.2 Å². The predicted molar refractivity (Wildman–Crippen MR) is 105 cm³/mol. The van der Waals surface area contributed by atoms with Gasteiger partial charge in [-0.25, -0.2) is 23.5 Å². The average molecular weight is 399 g/mol. The number of aromatic nitrogens is 2. The molecular weight excluding hydrogens is 380 g/mol. The summed E-state index contributed by atoms with van der Waals surface area (Å²) in [6.07, 6.45) is 0. The lowest BCUT2D eigenvalue weighted by molar-refractivity contribution is 0.208. The number of methoxy groups -OCH3 is 1. The summed E-state index contributed by atoms with van der Waals surface area (Å²) < 4.78 is 32.7. The number of ether oxygens (including phenoxy) is 1. The topological polar surface area (TPSA) is 70.6 Å². The highest BCUT2D eigenvalue weighted by molar-refractivity contribution is 5.91. The Balaban J connectivity index is 1.47. The summed E-state index contributed by atoms with van der Waals surface area (Å²) in [5.74, 6) is -0.470. The van der Waals surface area contributed by atoms with E-state index in [9.17, 15) is 13.6 Å². The van der Waals surface area contributed by atoms with Crippen LogP contribution in [-0.2, 0) is 0 Å². The van der Waals surface area contributed by atoms with Crippen LogP contribution in [0.5, 0.6) is 5.88 Å². The van der Waals surface area contributed by atoms with Gasteiger partial charge in [-0.05, 0) is 24.3 Å². The Morgan fingerprint density at radius 3 is 2.52 bits per heavy atom. The number of hydrogen-bond acceptors (Lipinski definition) is 5. The molecule has 3 aromatic rings. The van der Waals surface area contributed by atoms with Gasteiger partial charge >= 0.3 is 6.03 Å². The van der Waals surface area contributed by atoms with E-state index >= 15 is 0 Å². The predicted octanol–water partition coefficient (Wildman–Crippen LogP) is 3.27. The summed E-state index contributed by atoms with van der Waals surface area (Å²) in [5.41, 5.74) is 1.29. The molecule has 0 radical (unpaired) electrons. The fraction of sp³-hybridized carbons (Fsp3) is 0.250. The number of hydrogen-bond donors (Lipinski definition) is 1. The molecular formula is C20H19F2N5O2. The van der Waals surface area contributed by atoms with Crippen molar-refractivity contribution in [2.24, 2.45) is 0 Å². The summed E-state index contributed by atoms with van der Waals surface area (Å²) in [6, 6.07) is 10.2. The van der Waals surface area contributed by atoms with Crippen molar-refractivity contribution in [3.05, 3.63) is 54.1 Å². The van der Waals surface area contributed by atoms with Gasteiger partial charge in [0, 0.05) is 32.2 Å². The molecule has 7 nitrogen and oxygen atoms in total. The normalized spacial score (nSPS) is 14.2. The van der Waals surface area contributed by atoms with E-state index in [0.717, 1.165) is 0 Å². The number of benzene rings is 2. The number of urea groups is 1. The monoisotopic (exact) mass is 399 g/mol. The van der Waals surface area contributed by atoms with E-state index < -0.39 is 5.82 Å². The molecule has 0 spiro atoms. The molecule has 150 valence electrons. The third kappa shape index (κ3) is 3.89. The van der Waals surface area contributed by atoms with Crippen molar-refractivity contribution in [3.8, 4) is 5.88 Å². The van der Waals surface area contributed by atoms with E-state index in [4.69, 9.17) is 4.74 Å². The minimum atomic E-state index is -0.446. The minimum Gasteiger partial charge on any atom is -0.478 e. The molecule has 2 aromatic carbocycles. The number of rotatable bonds is 3. The quantitative estimate of drug-likeness (QED) is 0.732. The van der Waals surface area contributed by atoms with Gasteiger partial charge in [-0.3, -0.25) is 5.32 Å². The number of halogens is 2. The number of fused-ring (bicyclic) bond motifs is 1. The van der Waals surface area contributed by atoms with Crippen molar-refractivity contribution in [2.75, 3.05) is 43.5 Å². The summed E-state index contributed by atoms with van der Waals surface area (Å²) >= 11 is 0. The van der Waals surface area contributed by atoms with Gasteiger partial charge in [-0.2, -0.15) is 0 Å². The van der Waals surface area contributed by atoms with Gasteiger partial charge < -0.3 is 14.5 Å². The van der Waals surface area contributed by atoms with Gasteiger partial charge in [0.15, 0.2) is 5.82 Å². The molecule has 2 amide bonds. The van der Waals surface area contributed by atoms with Crippen LogP contribution in [0.1, 0.15) is 0 Å². The Kier molecular flexibility index (Phi) is 5.11. The maximum Gasteiger partial charge on any atom is 0.323 e. The highest BCUT2D eigenvalue weighted by Gasteiger charge is 2.24. The zero-order chi connectivity index (χ0) is 20.4. The van der Waals surface area contributed by atoms with Crippen LogP contribution in [0.15, 0.2) is 42.5 Å². The number of nitrogens with one attached hydrogen (secondary N) is 1. The van der Waals surface area contributed by atoms with Crippen LogP contribution in [0.3, 0.4) is 0 Å². The number of anilines is 2. The van der Waals surface area contributed by atoms with E-state index in [1.165, 1.54) is 31.4 Å². The molecule has 4 rings (SSSR count). The number of carbonyl (C=O) groups excluding carboxylic acids is 1. The second-order valence-electron chi connectivity index (χ2n) is 6.57. The van der Waals surface area contributed by atoms with Crippen LogP contribution >= 0.6 is 0 Å². The van der Waals surface area contributed by atoms with Crippen molar-refractivity contribution >= 4 is 28.6 Å². The van der Waals surface area contributed by atoms with Gasteiger partial charge in [0.25, 0.3) is 5.88 Å². The lowest BCUT2D eigenvalue weighted by Crippen LogP contribution is -2.50. The first-order valence-corrected chi connectivity index (χ1v) is 9.12. The third-order valence-electron chi connectivity index (χ3n) is 4.77. The number of carbonyl (C=O) groups is 1. The highest BCUT2D eigenvalue weighted by atomic mass is 19.1. The van der Waals surface area contributed by atoms with E-state index in [-0.39, 0.29) is 23.5 Å². The Morgan fingerprint density at radius 1 is 1.03 bits per heavy atom. The summed E-state index contributed by atoms with van der Waals surface area (Å²) in [4.78, 5) is 24.7. The van der Waals surface area contributed by atoms with Gasteiger partial charge in [0.2, 0.25) is 0 Å². The van der Waals surface area contributed by atoms with Crippen molar-refractivity contribution in [1.29, 1.82) is 0 Å². The molecule has 1 saturated heterocycles. The zero-order valence-electron chi connectivity index (χ0n) is 15.7. The van der Waals surface area contributed by atoms with Gasteiger partial charge in [-0.15, -0.1) is 0 Å². The summed E-state index contributed by atoms with van der Waals surface area (Å²) in [6.45, 7) is 1.83. The molecule has 29 heavy (non-hydrogen) atoms. The molecule has 0 aliphatic carbocycles. The van der Waals surface area contributed by atoms with Crippen molar-refractivity contribution in [1.82, 2.24) is 14.9 Å². The summed E-state index contributed by atoms with van der Waals surface area (Å²) in [5, 5.41) is 2.68. The van der Waals surface area contributed by atoms with Crippen LogP contribution < -0.4 is 15.0 Å². The first kappa shape index (κ1) is 18.9. The van der Waals surface area contributed by atoms with Crippen molar-refractivity contribution in [3.63, 3.8) is 0 Å². The SMILES string of the molecule is COc1nc2ccc(F)cc2nc1NC(=O)N1CCN(c2ccccc2F)CC1. The molecule has 9 heteroatoms. The number of para-hydroxylation sites is 1. The first-order valence-electron chi connectivity index (χ1n) is 9.12. The Morgan fingerprint density at radius 2 is 1.79 bits per heavy atom. The second-order valence-corrected chi connectivity index (χ2v) is 6.57. The van der Waals surface area contributed by atoms with E-state index in [1.807, 2.05) is 4.90 Å². The molecule has 1 aliphatic heterocycles. The Bertz CT molecular complexity index is 1050. The van der Waals surface area contributed by atoms with Crippen molar-refractivity contribution < 1.29 is 18.3 Å². The third-order valence-corrected chi connectivity index (χ3v) is 4.77. The maximum atomic E-state index is 14.0. The zero-order valence-corrected chi connectivity index (χ0v) is 15.7. The smallest absolute Gasteiger partial charge is 0.323 e. The molecule has 2 heterocycles. The average Bonchev–Trinajstić information content (AvgIpc) is 2.73. The van der Waals surface area contributed by atoms with Crippen LogP contribution in [0.25, 0.3) is 11.0 Å². The Hall–Kier alpha value is -3.49. The molecule has 0 bridgehead atoms.